The number of carbonyl (C=O) groups is 1. The van der Waals surface area contributed by atoms with E-state index < -0.39 is 5.97 Å². The Bertz CT molecular complexity index is 359. The minimum atomic E-state index is -0.866. The number of nitrogens with two attached hydrogens (primary N) is 1. The van der Waals surface area contributed by atoms with Crippen molar-refractivity contribution in [1.82, 2.24) is 9.78 Å². The van der Waals surface area contributed by atoms with Gasteiger partial charge in [0.05, 0.1) is 6.20 Å². The molecule has 1 aliphatic carbocycles. The lowest BCUT2D eigenvalue weighted by Gasteiger charge is -2.18. The third kappa shape index (κ3) is 1.50. The van der Waals surface area contributed by atoms with Gasteiger partial charge >= 0.3 is 5.97 Å². The monoisotopic (exact) mass is 195 g/mol. The van der Waals surface area contributed by atoms with Crippen molar-refractivity contribution in [3.8, 4) is 0 Å². The van der Waals surface area contributed by atoms with Gasteiger partial charge in [-0.1, -0.05) is 0 Å². The molecule has 0 saturated heterocycles. The molecule has 0 unspecified atom stereocenters. The first-order chi connectivity index (χ1) is 6.68. The number of aromatic nitrogens is 2. The summed E-state index contributed by atoms with van der Waals surface area (Å²) in [6, 6.07) is 0.0290. The summed E-state index contributed by atoms with van der Waals surface area (Å²) in [5.74, 6) is -0.866. The van der Waals surface area contributed by atoms with E-state index in [1.165, 1.54) is 4.68 Å². The van der Waals surface area contributed by atoms with E-state index in [4.69, 9.17) is 10.8 Å². The topological polar surface area (TPSA) is 81.1 Å². The van der Waals surface area contributed by atoms with Gasteiger partial charge in [-0.05, 0) is 19.3 Å². The van der Waals surface area contributed by atoms with E-state index >= 15 is 0 Å². The zero-order chi connectivity index (χ0) is 10.1. The van der Waals surface area contributed by atoms with Crippen LogP contribution in [0.2, 0.25) is 0 Å². The number of fused-ring (bicyclic) bond motifs is 1. The Kier molecular flexibility index (Phi) is 2.25. The molecule has 5 heteroatoms. The van der Waals surface area contributed by atoms with Crippen LogP contribution in [0.5, 0.6) is 0 Å². The molecule has 1 aromatic heterocycles. The Hall–Kier alpha value is -1.36. The van der Waals surface area contributed by atoms with Gasteiger partial charge in [0.15, 0.2) is 0 Å². The summed E-state index contributed by atoms with van der Waals surface area (Å²) >= 11 is 0. The number of hydrogen-bond acceptors (Lipinski definition) is 3. The maximum atomic E-state index is 10.5. The molecule has 3 N–H and O–H groups in total. The van der Waals surface area contributed by atoms with Crippen molar-refractivity contribution in [2.24, 2.45) is 5.73 Å². The number of nitrogens with zero attached hydrogens (tertiary/aromatic N) is 2. The molecule has 0 bridgehead atoms. The van der Waals surface area contributed by atoms with E-state index in [2.05, 4.69) is 5.10 Å². The van der Waals surface area contributed by atoms with Crippen molar-refractivity contribution in [2.45, 2.75) is 31.8 Å². The summed E-state index contributed by atoms with van der Waals surface area (Å²) in [5, 5.41) is 12.7. The van der Waals surface area contributed by atoms with Crippen LogP contribution in [0.25, 0.3) is 0 Å². The molecule has 0 spiro atoms. The number of carboxylic acids is 1. The number of aliphatic carboxylic acids is 1. The molecule has 0 amide bonds. The third-order valence-corrected chi connectivity index (χ3v) is 2.59. The Balaban J connectivity index is 2.31. The summed E-state index contributed by atoms with van der Waals surface area (Å²) < 4.78 is 1.54. The van der Waals surface area contributed by atoms with Gasteiger partial charge in [0.1, 0.15) is 6.54 Å². The molecule has 0 saturated carbocycles. The Morgan fingerprint density at radius 3 is 3.29 bits per heavy atom. The average Bonchev–Trinajstić information content (AvgIpc) is 2.49. The second-order valence-electron chi connectivity index (χ2n) is 3.60. The normalized spacial score (nSPS) is 20.5. The Labute approximate surface area is 81.5 Å². The van der Waals surface area contributed by atoms with Gasteiger partial charge in [0, 0.05) is 17.3 Å². The molecule has 1 aromatic rings. The van der Waals surface area contributed by atoms with Crippen molar-refractivity contribution in [1.29, 1.82) is 0 Å². The second kappa shape index (κ2) is 3.42. The van der Waals surface area contributed by atoms with E-state index in [1.54, 1.807) is 6.20 Å². The quantitative estimate of drug-likeness (QED) is 0.711. The van der Waals surface area contributed by atoms with Crippen LogP contribution in [0.4, 0.5) is 0 Å². The van der Waals surface area contributed by atoms with Gasteiger partial charge in [0.2, 0.25) is 0 Å². The zero-order valence-electron chi connectivity index (χ0n) is 7.81. The molecular weight excluding hydrogens is 182 g/mol. The van der Waals surface area contributed by atoms with Crippen molar-refractivity contribution in [3.05, 3.63) is 17.5 Å². The van der Waals surface area contributed by atoms with Gasteiger partial charge in [-0.25, -0.2) is 0 Å². The molecule has 1 atom stereocenters. The first-order valence-corrected chi connectivity index (χ1v) is 4.70. The summed E-state index contributed by atoms with van der Waals surface area (Å²) in [7, 11) is 0. The van der Waals surface area contributed by atoms with Gasteiger partial charge in [0.25, 0.3) is 0 Å². The fraction of sp³-hybridized carbons (Fsp3) is 0.556. The summed E-state index contributed by atoms with van der Waals surface area (Å²) in [4.78, 5) is 10.5. The zero-order valence-corrected chi connectivity index (χ0v) is 7.81. The maximum absolute atomic E-state index is 10.5. The number of hydrogen-bond donors (Lipinski definition) is 2. The van der Waals surface area contributed by atoms with Crippen LogP contribution >= 0.6 is 0 Å². The average molecular weight is 195 g/mol. The molecule has 0 aliphatic heterocycles. The first-order valence-electron chi connectivity index (χ1n) is 4.70. The first kappa shape index (κ1) is 9.21. The largest absolute Gasteiger partial charge is 0.480 e. The molecule has 5 nitrogen and oxygen atoms in total. The van der Waals surface area contributed by atoms with Crippen LogP contribution in [-0.4, -0.2) is 20.9 Å². The summed E-state index contributed by atoms with van der Waals surface area (Å²) in [6.07, 6.45) is 4.56. The lowest BCUT2D eigenvalue weighted by atomic mass is 9.94. The summed E-state index contributed by atoms with van der Waals surface area (Å²) in [5.41, 5.74) is 7.89. The molecule has 1 heterocycles. The highest BCUT2D eigenvalue weighted by molar-refractivity contribution is 5.66. The van der Waals surface area contributed by atoms with Crippen LogP contribution in [0.15, 0.2) is 6.20 Å². The molecule has 0 aromatic carbocycles. The summed E-state index contributed by atoms with van der Waals surface area (Å²) in [6.45, 7) is -0.0674. The van der Waals surface area contributed by atoms with Crippen molar-refractivity contribution in [3.63, 3.8) is 0 Å². The second-order valence-corrected chi connectivity index (χ2v) is 3.60. The van der Waals surface area contributed by atoms with Crippen molar-refractivity contribution in [2.75, 3.05) is 0 Å². The van der Waals surface area contributed by atoms with Crippen LogP contribution < -0.4 is 5.73 Å². The SMILES string of the molecule is N[C@@H]1CCCc2c1cnn2CC(=O)O. The predicted molar refractivity (Wildman–Crippen MR) is 49.7 cm³/mol. The van der Waals surface area contributed by atoms with Gasteiger partial charge in [-0.15, -0.1) is 0 Å². The minimum Gasteiger partial charge on any atom is -0.480 e. The van der Waals surface area contributed by atoms with Crippen LogP contribution in [-0.2, 0) is 17.8 Å². The molecule has 0 fully saturated rings. The van der Waals surface area contributed by atoms with E-state index in [0.29, 0.717) is 0 Å². The third-order valence-electron chi connectivity index (χ3n) is 2.59. The Morgan fingerprint density at radius 2 is 2.57 bits per heavy atom. The molecule has 76 valence electrons. The predicted octanol–water partition coefficient (Wildman–Crippen LogP) is 0.304. The van der Waals surface area contributed by atoms with E-state index in [-0.39, 0.29) is 12.6 Å². The fourth-order valence-corrected chi connectivity index (χ4v) is 1.92. The van der Waals surface area contributed by atoms with E-state index in [1.807, 2.05) is 0 Å². The van der Waals surface area contributed by atoms with Gasteiger partial charge in [-0.2, -0.15) is 5.10 Å². The molecule has 1 aliphatic rings. The van der Waals surface area contributed by atoms with E-state index in [0.717, 1.165) is 30.5 Å². The minimum absolute atomic E-state index is 0.0290. The van der Waals surface area contributed by atoms with Crippen LogP contribution in [0.3, 0.4) is 0 Å². The van der Waals surface area contributed by atoms with Crippen LogP contribution in [0, 0.1) is 0 Å². The highest BCUT2D eigenvalue weighted by Crippen LogP contribution is 2.27. The highest BCUT2D eigenvalue weighted by Gasteiger charge is 2.21. The fourth-order valence-electron chi connectivity index (χ4n) is 1.92. The standard InChI is InChI=1S/C9H13N3O2/c10-7-2-1-3-8-6(7)4-11-12(8)5-9(13)14/h4,7H,1-3,5,10H2,(H,13,14)/t7-/m1/s1. The smallest absolute Gasteiger partial charge is 0.325 e. The van der Waals surface area contributed by atoms with Crippen molar-refractivity contribution < 1.29 is 9.90 Å². The number of rotatable bonds is 2. The molecule has 0 radical (unpaired) electrons. The van der Waals surface area contributed by atoms with E-state index in [9.17, 15) is 4.79 Å². The highest BCUT2D eigenvalue weighted by atomic mass is 16.4. The maximum Gasteiger partial charge on any atom is 0.325 e. The molecule has 2 rings (SSSR count). The lowest BCUT2D eigenvalue weighted by molar-refractivity contribution is -0.137. The van der Waals surface area contributed by atoms with Gasteiger partial charge < -0.3 is 10.8 Å². The number of carboxylic acid groups (broad SMARTS) is 1. The Morgan fingerprint density at radius 1 is 1.79 bits per heavy atom. The lowest BCUT2D eigenvalue weighted by Crippen LogP contribution is -2.20. The van der Waals surface area contributed by atoms with Crippen molar-refractivity contribution >= 4 is 5.97 Å². The van der Waals surface area contributed by atoms with Gasteiger partial charge in [-0.3, -0.25) is 9.48 Å². The van der Waals surface area contributed by atoms with Crippen LogP contribution in [0.1, 0.15) is 30.1 Å². The molecule has 14 heavy (non-hydrogen) atoms. The molecular formula is C9H13N3O2.